The Kier molecular flexibility index (Phi) is 2.28. The van der Waals surface area contributed by atoms with Crippen LogP contribution < -0.4 is 0 Å². The monoisotopic (exact) mass is 189 g/mol. The van der Waals surface area contributed by atoms with Crippen LogP contribution in [0.3, 0.4) is 0 Å². The van der Waals surface area contributed by atoms with Gasteiger partial charge in [-0.05, 0) is 25.1 Å². The molecule has 14 heavy (non-hydrogen) atoms. The molecule has 0 bridgehead atoms. The van der Waals surface area contributed by atoms with Crippen LogP contribution in [0.5, 0.6) is 0 Å². The van der Waals surface area contributed by atoms with E-state index in [1.54, 1.807) is 17.1 Å². The first-order valence-electron chi connectivity index (χ1n) is 4.37. The number of hydrogen-bond donors (Lipinski definition) is 1. The summed E-state index contributed by atoms with van der Waals surface area (Å²) >= 11 is 0. The van der Waals surface area contributed by atoms with Gasteiger partial charge in [0.1, 0.15) is 6.73 Å². The quantitative estimate of drug-likeness (QED) is 0.772. The van der Waals surface area contributed by atoms with Crippen LogP contribution in [0, 0.1) is 6.92 Å². The highest BCUT2D eigenvalue weighted by Gasteiger charge is 2.04. The summed E-state index contributed by atoms with van der Waals surface area (Å²) in [6, 6.07) is 5.72. The topological polar surface area (TPSA) is 50.9 Å². The fourth-order valence-electron chi connectivity index (χ4n) is 1.32. The molecule has 2 heterocycles. The van der Waals surface area contributed by atoms with Crippen molar-refractivity contribution in [1.29, 1.82) is 0 Å². The number of aromatic nitrogens is 3. The molecule has 2 aromatic rings. The maximum absolute atomic E-state index is 8.97. The van der Waals surface area contributed by atoms with E-state index in [9.17, 15) is 0 Å². The smallest absolute Gasteiger partial charge is 0.136 e. The second kappa shape index (κ2) is 3.59. The van der Waals surface area contributed by atoms with Gasteiger partial charge in [0, 0.05) is 23.7 Å². The highest BCUT2D eigenvalue weighted by molar-refractivity contribution is 5.58. The zero-order chi connectivity index (χ0) is 9.97. The third-order valence-corrected chi connectivity index (χ3v) is 2.09. The van der Waals surface area contributed by atoms with Crippen molar-refractivity contribution < 1.29 is 5.11 Å². The molecule has 2 rings (SSSR count). The SMILES string of the molecule is Cc1cc(-c2ccncc2)nn1CO. The van der Waals surface area contributed by atoms with Crippen LogP contribution in [-0.2, 0) is 6.73 Å². The highest BCUT2D eigenvalue weighted by Crippen LogP contribution is 2.17. The Labute approximate surface area is 81.8 Å². The molecule has 0 atom stereocenters. The minimum Gasteiger partial charge on any atom is -0.374 e. The number of aliphatic hydroxyl groups is 1. The molecule has 0 aromatic carbocycles. The van der Waals surface area contributed by atoms with Crippen molar-refractivity contribution in [3.8, 4) is 11.3 Å². The molecule has 0 fully saturated rings. The molecule has 1 N–H and O–H groups in total. The molecule has 4 nitrogen and oxygen atoms in total. The predicted octanol–water partition coefficient (Wildman–Crippen LogP) is 1.20. The first-order chi connectivity index (χ1) is 6.81. The van der Waals surface area contributed by atoms with Gasteiger partial charge in [0.15, 0.2) is 0 Å². The molecule has 2 aromatic heterocycles. The van der Waals surface area contributed by atoms with Gasteiger partial charge in [0.05, 0.1) is 5.69 Å². The van der Waals surface area contributed by atoms with Crippen molar-refractivity contribution in [3.63, 3.8) is 0 Å². The summed E-state index contributed by atoms with van der Waals surface area (Å²) < 4.78 is 1.55. The van der Waals surface area contributed by atoms with Crippen LogP contribution in [0.1, 0.15) is 5.69 Å². The first kappa shape index (κ1) is 8.90. The molecule has 0 radical (unpaired) electrons. The van der Waals surface area contributed by atoms with Crippen molar-refractivity contribution >= 4 is 0 Å². The maximum Gasteiger partial charge on any atom is 0.136 e. The number of nitrogens with zero attached hydrogens (tertiary/aromatic N) is 3. The molecule has 0 saturated carbocycles. The van der Waals surface area contributed by atoms with Crippen LogP contribution in [0.25, 0.3) is 11.3 Å². The molecule has 0 saturated heterocycles. The summed E-state index contributed by atoms with van der Waals surface area (Å²) in [5.74, 6) is 0. The molecule has 0 aliphatic heterocycles. The van der Waals surface area contributed by atoms with Crippen molar-refractivity contribution in [2.45, 2.75) is 13.7 Å². The Bertz CT molecular complexity index is 422. The van der Waals surface area contributed by atoms with Crippen LogP contribution >= 0.6 is 0 Å². The minimum absolute atomic E-state index is 0.0864. The standard InChI is InChI=1S/C10H11N3O/c1-8-6-10(12-13(8)7-14)9-2-4-11-5-3-9/h2-6,14H,7H2,1H3. The minimum atomic E-state index is -0.0864. The van der Waals surface area contributed by atoms with E-state index in [1.807, 2.05) is 25.1 Å². The van der Waals surface area contributed by atoms with E-state index in [1.165, 1.54) is 0 Å². The number of aliphatic hydroxyl groups excluding tert-OH is 1. The lowest BCUT2D eigenvalue weighted by Crippen LogP contribution is -2.00. The summed E-state index contributed by atoms with van der Waals surface area (Å²) in [7, 11) is 0. The van der Waals surface area contributed by atoms with Gasteiger partial charge in [-0.1, -0.05) is 0 Å². The van der Waals surface area contributed by atoms with E-state index in [2.05, 4.69) is 10.1 Å². The van der Waals surface area contributed by atoms with Gasteiger partial charge in [-0.2, -0.15) is 5.10 Å². The van der Waals surface area contributed by atoms with E-state index in [4.69, 9.17) is 5.11 Å². The van der Waals surface area contributed by atoms with Gasteiger partial charge in [-0.15, -0.1) is 0 Å². The molecule has 0 aliphatic rings. The number of hydrogen-bond acceptors (Lipinski definition) is 3. The predicted molar refractivity (Wildman–Crippen MR) is 52.4 cm³/mol. The van der Waals surface area contributed by atoms with Crippen molar-refractivity contribution in [2.75, 3.05) is 0 Å². The average molecular weight is 189 g/mol. The summed E-state index contributed by atoms with van der Waals surface area (Å²) in [6.45, 7) is 1.82. The molecule has 0 amide bonds. The normalized spacial score (nSPS) is 10.4. The molecule has 4 heteroatoms. The van der Waals surface area contributed by atoms with E-state index in [-0.39, 0.29) is 6.73 Å². The Hall–Kier alpha value is -1.68. The van der Waals surface area contributed by atoms with Gasteiger partial charge in [0.2, 0.25) is 0 Å². The first-order valence-corrected chi connectivity index (χ1v) is 4.37. The average Bonchev–Trinajstić information content (AvgIpc) is 2.61. The molecule has 0 spiro atoms. The van der Waals surface area contributed by atoms with E-state index >= 15 is 0 Å². The lowest BCUT2D eigenvalue weighted by atomic mass is 10.2. The third-order valence-electron chi connectivity index (χ3n) is 2.09. The maximum atomic E-state index is 8.97. The summed E-state index contributed by atoms with van der Waals surface area (Å²) in [5, 5.41) is 13.2. The Morgan fingerprint density at radius 2 is 2.07 bits per heavy atom. The number of aryl methyl sites for hydroxylation is 1. The second-order valence-electron chi connectivity index (χ2n) is 3.05. The molecule has 72 valence electrons. The lowest BCUT2D eigenvalue weighted by Gasteiger charge is -1.96. The van der Waals surface area contributed by atoms with Gasteiger partial charge >= 0.3 is 0 Å². The van der Waals surface area contributed by atoms with Crippen molar-refractivity contribution in [3.05, 3.63) is 36.3 Å². The van der Waals surface area contributed by atoms with Crippen LogP contribution in [0.2, 0.25) is 0 Å². The Morgan fingerprint density at radius 1 is 1.36 bits per heavy atom. The van der Waals surface area contributed by atoms with Crippen LogP contribution in [-0.4, -0.2) is 19.9 Å². The fraction of sp³-hybridized carbons (Fsp3) is 0.200. The number of rotatable bonds is 2. The van der Waals surface area contributed by atoms with Crippen LogP contribution in [0.15, 0.2) is 30.6 Å². The molecule has 0 unspecified atom stereocenters. The zero-order valence-electron chi connectivity index (χ0n) is 7.88. The third kappa shape index (κ3) is 1.52. The van der Waals surface area contributed by atoms with Gasteiger partial charge < -0.3 is 5.11 Å². The van der Waals surface area contributed by atoms with Crippen LogP contribution in [0.4, 0.5) is 0 Å². The number of pyridine rings is 1. The summed E-state index contributed by atoms with van der Waals surface area (Å²) in [6.07, 6.45) is 3.45. The van der Waals surface area contributed by atoms with E-state index in [0.717, 1.165) is 17.0 Å². The second-order valence-corrected chi connectivity index (χ2v) is 3.05. The van der Waals surface area contributed by atoms with Crippen molar-refractivity contribution in [1.82, 2.24) is 14.8 Å². The molecular formula is C10H11N3O. The summed E-state index contributed by atoms with van der Waals surface area (Å²) in [4.78, 5) is 3.94. The largest absolute Gasteiger partial charge is 0.374 e. The molecule has 0 aliphatic carbocycles. The summed E-state index contributed by atoms with van der Waals surface area (Å²) in [5.41, 5.74) is 2.81. The van der Waals surface area contributed by atoms with E-state index < -0.39 is 0 Å². The van der Waals surface area contributed by atoms with E-state index in [0.29, 0.717) is 0 Å². The van der Waals surface area contributed by atoms with Gasteiger partial charge in [-0.25, -0.2) is 4.68 Å². The Balaban J connectivity index is 2.43. The van der Waals surface area contributed by atoms with Gasteiger partial charge in [-0.3, -0.25) is 4.98 Å². The molecular weight excluding hydrogens is 178 g/mol. The van der Waals surface area contributed by atoms with Crippen molar-refractivity contribution in [2.24, 2.45) is 0 Å². The zero-order valence-corrected chi connectivity index (χ0v) is 7.88. The highest BCUT2D eigenvalue weighted by atomic mass is 16.3. The Morgan fingerprint density at radius 3 is 2.64 bits per heavy atom. The lowest BCUT2D eigenvalue weighted by molar-refractivity contribution is 0.193. The van der Waals surface area contributed by atoms with Gasteiger partial charge in [0.25, 0.3) is 0 Å². The fourth-order valence-corrected chi connectivity index (χ4v) is 1.32.